The Balaban J connectivity index is 1.26. The molecule has 1 N–H and O–H groups in total. The molecule has 2 aliphatic heterocycles. The molecule has 1 saturated heterocycles. The summed E-state index contributed by atoms with van der Waals surface area (Å²) in [4.78, 5) is 39.3. The van der Waals surface area contributed by atoms with Crippen molar-refractivity contribution in [1.82, 2.24) is 4.90 Å². The lowest BCUT2D eigenvalue weighted by atomic mass is 10.1. The minimum atomic E-state index is -0.542. The molecule has 39 heavy (non-hydrogen) atoms. The molecular formula is C28H23IN2O7S. The van der Waals surface area contributed by atoms with Gasteiger partial charge in [-0.15, -0.1) is 0 Å². The Labute approximate surface area is 242 Å². The largest absolute Gasteiger partial charge is 0.493 e. The molecule has 0 spiro atoms. The number of carbonyl (C=O) groups excluding carboxylic acids is 3. The molecule has 9 nitrogen and oxygen atoms in total. The van der Waals surface area contributed by atoms with Crippen molar-refractivity contribution in [1.29, 1.82) is 0 Å². The van der Waals surface area contributed by atoms with Crippen LogP contribution in [0.15, 0.2) is 59.5 Å². The van der Waals surface area contributed by atoms with Crippen molar-refractivity contribution < 1.29 is 33.3 Å². The van der Waals surface area contributed by atoms with Gasteiger partial charge in [-0.05, 0) is 82.7 Å². The van der Waals surface area contributed by atoms with Crippen LogP contribution in [0.25, 0.3) is 6.08 Å². The number of methoxy groups -OCH3 is 1. The number of benzene rings is 3. The Morgan fingerprint density at radius 2 is 1.87 bits per heavy atom. The Morgan fingerprint density at radius 1 is 1.10 bits per heavy atom. The van der Waals surface area contributed by atoms with E-state index < -0.39 is 23.6 Å². The van der Waals surface area contributed by atoms with Crippen LogP contribution in [0.3, 0.4) is 0 Å². The third-order valence-corrected chi connectivity index (χ3v) is 7.59. The minimum Gasteiger partial charge on any atom is -0.493 e. The first kappa shape index (κ1) is 26.9. The Hall–Kier alpha value is -3.71. The fraction of sp³-hybridized carbons (Fsp3) is 0.179. The van der Waals surface area contributed by atoms with Crippen molar-refractivity contribution in [3.63, 3.8) is 0 Å². The fourth-order valence-corrected chi connectivity index (χ4v) is 5.53. The Bertz CT molecular complexity index is 1490. The number of anilines is 1. The van der Waals surface area contributed by atoms with Crippen molar-refractivity contribution in [2.24, 2.45) is 0 Å². The number of ether oxygens (including phenoxy) is 4. The van der Waals surface area contributed by atoms with E-state index in [0.717, 1.165) is 25.8 Å². The average molecular weight is 658 g/mol. The predicted octanol–water partition coefficient (Wildman–Crippen LogP) is 5.59. The van der Waals surface area contributed by atoms with Gasteiger partial charge in [0, 0.05) is 11.8 Å². The highest BCUT2D eigenvalue weighted by Crippen LogP contribution is 2.38. The van der Waals surface area contributed by atoms with Crippen LogP contribution in [0.5, 0.6) is 23.0 Å². The van der Waals surface area contributed by atoms with Gasteiger partial charge >= 0.3 is 0 Å². The zero-order chi connectivity index (χ0) is 27.5. The van der Waals surface area contributed by atoms with Gasteiger partial charge in [0.1, 0.15) is 13.2 Å². The van der Waals surface area contributed by atoms with Gasteiger partial charge in [-0.1, -0.05) is 29.8 Å². The van der Waals surface area contributed by atoms with Gasteiger partial charge in [-0.2, -0.15) is 0 Å². The van der Waals surface area contributed by atoms with Crippen LogP contribution in [-0.4, -0.2) is 42.4 Å². The lowest BCUT2D eigenvalue weighted by Crippen LogP contribution is -2.36. The van der Waals surface area contributed by atoms with E-state index >= 15 is 0 Å². The van der Waals surface area contributed by atoms with Crippen LogP contribution >= 0.6 is 34.4 Å². The van der Waals surface area contributed by atoms with Gasteiger partial charge in [-0.3, -0.25) is 19.3 Å². The molecule has 0 bridgehead atoms. The van der Waals surface area contributed by atoms with Gasteiger partial charge in [0.25, 0.3) is 11.1 Å². The molecule has 0 saturated carbocycles. The number of hydrogen-bond donors (Lipinski definition) is 1. The number of amides is 3. The number of thioether (sulfide) groups is 1. The molecule has 2 heterocycles. The summed E-state index contributed by atoms with van der Waals surface area (Å²) >= 11 is 2.93. The van der Waals surface area contributed by atoms with Crippen molar-refractivity contribution in [2.45, 2.75) is 13.5 Å². The molecule has 0 atom stereocenters. The van der Waals surface area contributed by atoms with Gasteiger partial charge in [0.2, 0.25) is 12.7 Å². The molecule has 0 aliphatic carbocycles. The second kappa shape index (κ2) is 11.6. The molecule has 3 aromatic rings. The number of nitrogens with zero attached hydrogens (tertiary/aromatic N) is 1. The number of hydrogen-bond acceptors (Lipinski definition) is 8. The molecule has 1 fully saturated rings. The van der Waals surface area contributed by atoms with Crippen LogP contribution in [0, 0.1) is 10.5 Å². The number of carbonyl (C=O) groups is 3. The average Bonchev–Trinajstić information content (AvgIpc) is 3.48. The van der Waals surface area contributed by atoms with Crippen LogP contribution in [0.2, 0.25) is 0 Å². The van der Waals surface area contributed by atoms with Gasteiger partial charge < -0.3 is 24.3 Å². The molecule has 3 aromatic carbocycles. The summed E-state index contributed by atoms with van der Waals surface area (Å²) in [6.45, 7) is 2.10. The summed E-state index contributed by atoms with van der Waals surface area (Å²) in [5, 5.41) is 2.16. The highest BCUT2D eigenvalue weighted by atomic mass is 127. The predicted molar refractivity (Wildman–Crippen MR) is 155 cm³/mol. The lowest BCUT2D eigenvalue weighted by Gasteiger charge is -2.14. The van der Waals surface area contributed by atoms with Crippen LogP contribution in [0.4, 0.5) is 10.5 Å². The molecule has 0 aromatic heterocycles. The van der Waals surface area contributed by atoms with E-state index in [2.05, 4.69) is 27.9 Å². The summed E-state index contributed by atoms with van der Waals surface area (Å²) in [5.74, 6) is 1.13. The summed E-state index contributed by atoms with van der Waals surface area (Å²) < 4.78 is 22.9. The summed E-state index contributed by atoms with van der Waals surface area (Å²) in [5.41, 5.74) is 3.33. The minimum absolute atomic E-state index is 0.115. The highest BCUT2D eigenvalue weighted by molar-refractivity contribution is 14.1. The SMILES string of the molecule is COc1cc(/C=C2\SC(=O)N(CC(=O)Nc3ccc4c(c3)OCO4)C2=O)cc(I)c1OCc1ccc(C)cc1. The molecular weight excluding hydrogens is 635 g/mol. The first-order valence-electron chi connectivity index (χ1n) is 11.8. The molecule has 2 aliphatic rings. The number of nitrogens with one attached hydrogen (secondary N) is 1. The molecule has 200 valence electrons. The van der Waals surface area contributed by atoms with E-state index in [4.69, 9.17) is 18.9 Å². The smallest absolute Gasteiger partial charge is 0.294 e. The van der Waals surface area contributed by atoms with Crippen LogP contribution < -0.4 is 24.3 Å². The number of halogens is 1. The van der Waals surface area contributed by atoms with E-state index in [-0.39, 0.29) is 11.7 Å². The molecule has 5 rings (SSSR count). The normalized spacial score (nSPS) is 15.2. The van der Waals surface area contributed by atoms with E-state index in [9.17, 15) is 14.4 Å². The zero-order valence-corrected chi connectivity index (χ0v) is 24.0. The third kappa shape index (κ3) is 6.14. The number of aryl methyl sites for hydroxylation is 1. The van der Waals surface area contributed by atoms with E-state index in [1.807, 2.05) is 37.3 Å². The van der Waals surface area contributed by atoms with Gasteiger partial charge in [0.05, 0.1) is 15.6 Å². The number of imide groups is 1. The third-order valence-electron chi connectivity index (χ3n) is 5.88. The Morgan fingerprint density at radius 3 is 2.64 bits per heavy atom. The van der Waals surface area contributed by atoms with Crippen LogP contribution in [-0.2, 0) is 16.2 Å². The number of rotatable bonds is 8. The maximum absolute atomic E-state index is 13.0. The van der Waals surface area contributed by atoms with Crippen molar-refractivity contribution in [3.05, 3.63) is 79.8 Å². The van der Waals surface area contributed by atoms with Crippen molar-refractivity contribution in [3.8, 4) is 23.0 Å². The topological polar surface area (TPSA) is 103 Å². The molecule has 3 amide bonds. The van der Waals surface area contributed by atoms with Crippen molar-refractivity contribution >= 4 is 63.2 Å². The van der Waals surface area contributed by atoms with E-state index in [1.165, 1.54) is 5.56 Å². The van der Waals surface area contributed by atoms with Gasteiger partial charge in [0.15, 0.2) is 23.0 Å². The molecule has 0 unspecified atom stereocenters. The highest BCUT2D eigenvalue weighted by Gasteiger charge is 2.36. The van der Waals surface area contributed by atoms with E-state index in [1.54, 1.807) is 37.5 Å². The summed E-state index contributed by atoms with van der Waals surface area (Å²) in [6, 6.07) is 16.6. The van der Waals surface area contributed by atoms with Gasteiger partial charge in [-0.25, -0.2) is 0 Å². The van der Waals surface area contributed by atoms with Crippen molar-refractivity contribution in [2.75, 3.05) is 25.8 Å². The monoisotopic (exact) mass is 658 g/mol. The maximum atomic E-state index is 13.0. The second-order valence-electron chi connectivity index (χ2n) is 8.69. The molecule has 11 heteroatoms. The second-order valence-corrected chi connectivity index (χ2v) is 10.8. The summed E-state index contributed by atoms with van der Waals surface area (Å²) in [7, 11) is 1.54. The Kier molecular flexibility index (Phi) is 7.98. The number of fused-ring (bicyclic) bond motifs is 1. The first-order chi connectivity index (χ1) is 18.8. The summed E-state index contributed by atoms with van der Waals surface area (Å²) in [6.07, 6.45) is 1.61. The van der Waals surface area contributed by atoms with E-state index in [0.29, 0.717) is 40.9 Å². The maximum Gasteiger partial charge on any atom is 0.294 e. The molecule has 0 radical (unpaired) electrons. The first-order valence-corrected chi connectivity index (χ1v) is 13.7. The zero-order valence-electron chi connectivity index (χ0n) is 21.0. The lowest BCUT2D eigenvalue weighted by molar-refractivity contribution is -0.127. The quantitative estimate of drug-likeness (QED) is 0.247. The standard InChI is InChI=1S/C28H23IN2O7S/c1-16-3-5-17(6-4-16)14-36-26-20(29)9-18(10-23(26)35-2)11-24-27(33)31(28(34)39-24)13-25(32)30-19-7-8-21-22(12-19)38-15-37-21/h3-12H,13-15H2,1-2H3,(H,30,32)/b24-11-. The van der Waals surface area contributed by atoms with Crippen LogP contribution in [0.1, 0.15) is 16.7 Å². The fourth-order valence-electron chi connectivity index (χ4n) is 3.91.